The van der Waals surface area contributed by atoms with Gasteiger partial charge in [0.05, 0.1) is 0 Å². The van der Waals surface area contributed by atoms with Crippen LogP contribution in [0.25, 0.3) is 0 Å². The first-order chi connectivity index (χ1) is 8.28. The first kappa shape index (κ1) is 17.7. The lowest BCUT2D eigenvalue weighted by molar-refractivity contribution is -0.123. The van der Waals surface area contributed by atoms with Gasteiger partial charge in [0.1, 0.15) is 5.75 Å². The van der Waals surface area contributed by atoms with E-state index in [4.69, 9.17) is 10.5 Å². The smallest absolute Gasteiger partial charge is 0.258 e. The molecule has 5 heteroatoms. The van der Waals surface area contributed by atoms with Crippen molar-refractivity contribution in [1.29, 1.82) is 0 Å². The summed E-state index contributed by atoms with van der Waals surface area (Å²) in [6, 6.07) is 5.87. The highest BCUT2D eigenvalue weighted by molar-refractivity contribution is 5.85. The summed E-state index contributed by atoms with van der Waals surface area (Å²) in [6.07, 6.45) is 0. The Morgan fingerprint density at radius 2 is 2.00 bits per heavy atom. The Labute approximate surface area is 121 Å². The molecule has 0 unspecified atom stereocenters. The normalized spacial score (nSPS) is 10.6. The molecule has 0 spiro atoms. The molecule has 0 saturated carbocycles. The van der Waals surface area contributed by atoms with Crippen molar-refractivity contribution >= 4 is 18.3 Å². The summed E-state index contributed by atoms with van der Waals surface area (Å²) in [7, 11) is 0. The Morgan fingerprint density at radius 3 is 2.53 bits per heavy atom. The molecule has 1 amide bonds. The van der Waals surface area contributed by atoms with Gasteiger partial charge < -0.3 is 15.8 Å². The van der Waals surface area contributed by atoms with Crippen molar-refractivity contribution in [3.05, 3.63) is 29.3 Å². The second-order valence-corrected chi connectivity index (χ2v) is 5.32. The van der Waals surface area contributed by atoms with Gasteiger partial charge in [0.25, 0.3) is 5.91 Å². The third-order valence-corrected chi connectivity index (χ3v) is 2.43. The molecule has 0 aromatic heterocycles. The number of halogens is 1. The average molecular weight is 287 g/mol. The summed E-state index contributed by atoms with van der Waals surface area (Å²) < 4.78 is 5.47. The van der Waals surface area contributed by atoms with Crippen molar-refractivity contribution in [3.8, 4) is 5.75 Å². The molecule has 0 aliphatic rings. The summed E-state index contributed by atoms with van der Waals surface area (Å²) in [5, 5.41) is 2.73. The lowest BCUT2D eigenvalue weighted by Gasteiger charge is -2.19. The van der Waals surface area contributed by atoms with E-state index >= 15 is 0 Å². The number of nitrogens with one attached hydrogen (secondary N) is 1. The van der Waals surface area contributed by atoms with E-state index in [1.165, 1.54) is 5.56 Å². The molecule has 0 saturated heterocycles. The highest BCUT2D eigenvalue weighted by atomic mass is 35.5. The van der Waals surface area contributed by atoms with E-state index in [0.29, 0.717) is 6.54 Å². The number of hydrogen-bond acceptors (Lipinski definition) is 3. The monoisotopic (exact) mass is 286 g/mol. The number of aryl methyl sites for hydroxylation is 2. The van der Waals surface area contributed by atoms with Gasteiger partial charge in [-0.1, -0.05) is 17.7 Å². The first-order valence-corrected chi connectivity index (χ1v) is 6.03. The van der Waals surface area contributed by atoms with Crippen LogP contribution in [0.3, 0.4) is 0 Å². The highest BCUT2D eigenvalue weighted by Crippen LogP contribution is 2.18. The first-order valence-electron chi connectivity index (χ1n) is 6.03. The predicted octanol–water partition coefficient (Wildman–Crippen LogP) is 1.96. The van der Waals surface area contributed by atoms with Crippen LogP contribution < -0.4 is 15.8 Å². The van der Waals surface area contributed by atoms with Crippen LogP contribution in [-0.4, -0.2) is 24.6 Å². The Balaban J connectivity index is 0.00000324. The van der Waals surface area contributed by atoms with Gasteiger partial charge >= 0.3 is 0 Å². The standard InChI is InChI=1S/C14H22N2O2.ClH/c1-10-5-6-12(11(2)7-10)18-8-13(17)16-9-14(3,4)15;/h5-7H,8-9,15H2,1-4H3,(H,16,17);1H. The Morgan fingerprint density at radius 1 is 1.37 bits per heavy atom. The van der Waals surface area contributed by atoms with Crippen molar-refractivity contribution < 1.29 is 9.53 Å². The van der Waals surface area contributed by atoms with Crippen LogP contribution >= 0.6 is 12.4 Å². The zero-order valence-corrected chi connectivity index (χ0v) is 12.8. The highest BCUT2D eigenvalue weighted by Gasteiger charge is 2.12. The summed E-state index contributed by atoms with van der Waals surface area (Å²) in [6.45, 7) is 8.15. The quantitative estimate of drug-likeness (QED) is 0.870. The molecule has 0 heterocycles. The van der Waals surface area contributed by atoms with E-state index in [2.05, 4.69) is 5.32 Å². The number of nitrogens with two attached hydrogens (primary N) is 1. The van der Waals surface area contributed by atoms with Gasteiger partial charge in [-0.05, 0) is 39.3 Å². The fourth-order valence-electron chi connectivity index (χ4n) is 1.48. The van der Waals surface area contributed by atoms with Crippen LogP contribution in [0, 0.1) is 13.8 Å². The van der Waals surface area contributed by atoms with E-state index in [1.807, 2.05) is 45.9 Å². The molecule has 0 fully saturated rings. The van der Waals surface area contributed by atoms with E-state index in [0.717, 1.165) is 11.3 Å². The minimum Gasteiger partial charge on any atom is -0.484 e. The number of benzene rings is 1. The molecule has 0 aliphatic heterocycles. The lowest BCUT2D eigenvalue weighted by Crippen LogP contribution is -2.46. The van der Waals surface area contributed by atoms with Crippen molar-refractivity contribution in [2.45, 2.75) is 33.2 Å². The van der Waals surface area contributed by atoms with Crippen LogP contribution in [0.15, 0.2) is 18.2 Å². The molecular formula is C14H23ClN2O2. The van der Waals surface area contributed by atoms with Gasteiger partial charge in [0.15, 0.2) is 6.61 Å². The maximum atomic E-state index is 11.5. The van der Waals surface area contributed by atoms with Gasteiger partial charge in [-0.3, -0.25) is 4.79 Å². The number of amides is 1. The topological polar surface area (TPSA) is 64.3 Å². The SMILES string of the molecule is Cc1ccc(OCC(=O)NCC(C)(C)N)c(C)c1.Cl. The second kappa shape index (κ2) is 7.36. The number of hydrogen-bond donors (Lipinski definition) is 2. The third kappa shape index (κ3) is 7.03. The molecule has 1 aromatic rings. The van der Waals surface area contributed by atoms with Gasteiger partial charge in [0.2, 0.25) is 0 Å². The largest absolute Gasteiger partial charge is 0.484 e. The molecule has 0 atom stereocenters. The molecule has 1 rings (SSSR count). The van der Waals surface area contributed by atoms with Gasteiger partial charge in [-0.15, -0.1) is 12.4 Å². The predicted molar refractivity (Wildman–Crippen MR) is 79.9 cm³/mol. The molecule has 108 valence electrons. The number of ether oxygens (including phenoxy) is 1. The van der Waals surface area contributed by atoms with Crippen LogP contribution in [0.4, 0.5) is 0 Å². The average Bonchev–Trinajstić information content (AvgIpc) is 2.24. The molecule has 3 N–H and O–H groups in total. The van der Waals surface area contributed by atoms with Crippen molar-refractivity contribution in [1.82, 2.24) is 5.32 Å². The van der Waals surface area contributed by atoms with E-state index in [1.54, 1.807) is 0 Å². The van der Waals surface area contributed by atoms with Crippen LogP contribution in [0.5, 0.6) is 5.75 Å². The summed E-state index contributed by atoms with van der Waals surface area (Å²) in [5.41, 5.74) is 7.57. The van der Waals surface area contributed by atoms with E-state index in [9.17, 15) is 4.79 Å². The second-order valence-electron chi connectivity index (χ2n) is 5.32. The molecular weight excluding hydrogens is 264 g/mol. The lowest BCUT2D eigenvalue weighted by atomic mass is 10.1. The molecule has 1 aromatic carbocycles. The Hall–Kier alpha value is -1.26. The zero-order chi connectivity index (χ0) is 13.8. The van der Waals surface area contributed by atoms with Crippen molar-refractivity contribution in [2.75, 3.05) is 13.2 Å². The minimum absolute atomic E-state index is 0. The van der Waals surface area contributed by atoms with Crippen LogP contribution in [-0.2, 0) is 4.79 Å². The zero-order valence-electron chi connectivity index (χ0n) is 11.9. The summed E-state index contributed by atoms with van der Waals surface area (Å²) in [4.78, 5) is 11.5. The van der Waals surface area contributed by atoms with Crippen LogP contribution in [0.2, 0.25) is 0 Å². The molecule has 0 aliphatic carbocycles. The summed E-state index contributed by atoms with van der Waals surface area (Å²) in [5.74, 6) is 0.580. The number of carbonyl (C=O) groups is 1. The fraction of sp³-hybridized carbons (Fsp3) is 0.500. The minimum atomic E-state index is -0.407. The van der Waals surface area contributed by atoms with Crippen molar-refractivity contribution in [2.24, 2.45) is 5.73 Å². The third-order valence-electron chi connectivity index (χ3n) is 2.43. The number of rotatable bonds is 5. The van der Waals surface area contributed by atoms with Crippen molar-refractivity contribution in [3.63, 3.8) is 0 Å². The van der Waals surface area contributed by atoms with Gasteiger partial charge in [-0.25, -0.2) is 0 Å². The molecule has 4 nitrogen and oxygen atoms in total. The Bertz CT molecular complexity index is 428. The molecule has 0 radical (unpaired) electrons. The van der Waals surface area contributed by atoms with E-state index < -0.39 is 5.54 Å². The summed E-state index contributed by atoms with van der Waals surface area (Å²) >= 11 is 0. The van der Waals surface area contributed by atoms with Gasteiger partial charge in [0, 0.05) is 12.1 Å². The van der Waals surface area contributed by atoms with Gasteiger partial charge in [-0.2, -0.15) is 0 Å². The fourth-order valence-corrected chi connectivity index (χ4v) is 1.48. The Kier molecular flexibility index (Phi) is 6.87. The van der Waals surface area contributed by atoms with Crippen LogP contribution in [0.1, 0.15) is 25.0 Å². The molecule has 0 bridgehead atoms. The number of carbonyl (C=O) groups excluding carboxylic acids is 1. The maximum absolute atomic E-state index is 11.5. The maximum Gasteiger partial charge on any atom is 0.258 e. The molecule has 19 heavy (non-hydrogen) atoms. The van der Waals surface area contributed by atoms with E-state index in [-0.39, 0.29) is 24.9 Å².